The van der Waals surface area contributed by atoms with Gasteiger partial charge >= 0.3 is 0 Å². The summed E-state index contributed by atoms with van der Waals surface area (Å²) in [6, 6.07) is 14.6. The van der Waals surface area contributed by atoms with Crippen LogP contribution in [0.15, 0.2) is 48.5 Å². The summed E-state index contributed by atoms with van der Waals surface area (Å²) in [5.74, 6) is 0.498. The number of hydrogen-bond acceptors (Lipinski definition) is 4. The molecule has 0 heterocycles. The number of nitrogens with one attached hydrogen (secondary N) is 2. The van der Waals surface area contributed by atoms with Crippen molar-refractivity contribution in [2.24, 2.45) is 0 Å². The Morgan fingerprint density at radius 3 is 2.48 bits per heavy atom. The monoisotopic (exact) mass is 370 g/mol. The first-order valence-electron chi connectivity index (χ1n) is 9.03. The van der Waals surface area contributed by atoms with Crippen LogP contribution in [0.1, 0.15) is 35.7 Å². The van der Waals surface area contributed by atoms with Crippen molar-refractivity contribution in [3.63, 3.8) is 0 Å². The fourth-order valence-corrected chi connectivity index (χ4v) is 2.38. The van der Waals surface area contributed by atoms with Crippen LogP contribution in [-0.2, 0) is 11.3 Å². The van der Waals surface area contributed by atoms with E-state index in [4.69, 9.17) is 9.47 Å². The maximum atomic E-state index is 12.3. The van der Waals surface area contributed by atoms with Gasteiger partial charge in [0.25, 0.3) is 5.91 Å². The minimum Gasteiger partial charge on any atom is -0.493 e. The van der Waals surface area contributed by atoms with E-state index in [0.717, 1.165) is 18.4 Å². The van der Waals surface area contributed by atoms with Crippen LogP contribution >= 0.6 is 0 Å². The van der Waals surface area contributed by atoms with Crippen LogP contribution in [0.2, 0.25) is 0 Å². The number of unbranched alkanes of at least 4 members (excludes halogenated alkanes) is 1. The van der Waals surface area contributed by atoms with Gasteiger partial charge < -0.3 is 20.1 Å². The summed E-state index contributed by atoms with van der Waals surface area (Å²) in [5, 5.41) is 5.38. The first kappa shape index (κ1) is 20.3. The van der Waals surface area contributed by atoms with E-state index in [2.05, 4.69) is 17.6 Å². The molecule has 0 spiro atoms. The zero-order chi connectivity index (χ0) is 19.5. The third kappa shape index (κ3) is 6.66. The molecule has 144 valence electrons. The number of benzene rings is 2. The predicted molar refractivity (Wildman–Crippen MR) is 104 cm³/mol. The lowest BCUT2D eigenvalue weighted by Crippen LogP contribution is -2.36. The second kappa shape index (κ2) is 10.9. The minimum atomic E-state index is -0.344. The van der Waals surface area contributed by atoms with Gasteiger partial charge in [-0.3, -0.25) is 9.59 Å². The maximum absolute atomic E-state index is 12.3. The summed E-state index contributed by atoms with van der Waals surface area (Å²) in [6.07, 6.45) is 1.98. The van der Waals surface area contributed by atoms with E-state index < -0.39 is 0 Å². The molecule has 2 N–H and O–H groups in total. The lowest BCUT2D eigenvalue weighted by atomic mass is 10.2. The number of carbonyl (C=O) groups is 2. The summed E-state index contributed by atoms with van der Waals surface area (Å²) in [6.45, 7) is 3.01. The van der Waals surface area contributed by atoms with Gasteiger partial charge in [0.2, 0.25) is 5.91 Å². The fourth-order valence-electron chi connectivity index (χ4n) is 2.38. The van der Waals surface area contributed by atoms with E-state index in [1.807, 2.05) is 30.3 Å². The molecule has 0 aliphatic rings. The highest BCUT2D eigenvalue weighted by Crippen LogP contribution is 2.28. The number of rotatable bonds is 10. The summed E-state index contributed by atoms with van der Waals surface area (Å²) in [7, 11) is 1.53. The predicted octanol–water partition coefficient (Wildman–Crippen LogP) is 2.92. The molecule has 2 aromatic rings. The van der Waals surface area contributed by atoms with Gasteiger partial charge in [-0.15, -0.1) is 0 Å². The van der Waals surface area contributed by atoms with E-state index in [-0.39, 0.29) is 18.4 Å². The standard InChI is InChI=1S/C21H26N2O4/c1-3-4-12-27-18-11-10-17(13-19(18)26-2)21(25)23-15-20(24)22-14-16-8-6-5-7-9-16/h5-11,13H,3-4,12,14-15H2,1-2H3,(H,22,24)(H,23,25). The molecule has 27 heavy (non-hydrogen) atoms. The molecule has 0 saturated heterocycles. The van der Waals surface area contributed by atoms with E-state index in [1.165, 1.54) is 7.11 Å². The van der Waals surface area contributed by atoms with Gasteiger partial charge in [0.05, 0.1) is 20.3 Å². The lowest BCUT2D eigenvalue weighted by molar-refractivity contribution is -0.120. The molecule has 0 aliphatic heterocycles. The van der Waals surface area contributed by atoms with E-state index in [1.54, 1.807) is 18.2 Å². The second-order valence-electron chi connectivity index (χ2n) is 6.01. The van der Waals surface area contributed by atoms with Crippen LogP contribution in [0.4, 0.5) is 0 Å². The van der Waals surface area contributed by atoms with Crippen molar-refractivity contribution in [2.45, 2.75) is 26.3 Å². The first-order chi connectivity index (χ1) is 13.1. The molecule has 0 atom stereocenters. The van der Waals surface area contributed by atoms with E-state index in [9.17, 15) is 9.59 Å². The van der Waals surface area contributed by atoms with Crippen LogP contribution in [0, 0.1) is 0 Å². The lowest BCUT2D eigenvalue weighted by Gasteiger charge is -2.12. The zero-order valence-corrected chi connectivity index (χ0v) is 15.8. The Labute approximate surface area is 159 Å². The summed E-state index contributed by atoms with van der Waals surface area (Å²) >= 11 is 0. The number of methoxy groups -OCH3 is 1. The Bertz CT molecular complexity index is 747. The van der Waals surface area contributed by atoms with Crippen molar-refractivity contribution >= 4 is 11.8 Å². The van der Waals surface area contributed by atoms with Crippen molar-refractivity contribution < 1.29 is 19.1 Å². The van der Waals surface area contributed by atoms with Crippen molar-refractivity contribution in [1.29, 1.82) is 0 Å². The molecule has 0 aliphatic carbocycles. The fraction of sp³-hybridized carbons (Fsp3) is 0.333. The highest BCUT2D eigenvalue weighted by molar-refractivity contribution is 5.97. The smallest absolute Gasteiger partial charge is 0.251 e. The SMILES string of the molecule is CCCCOc1ccc(C(=O)NCC(=O)NCc2ccccc2)cc1OC. The molecular formula is C21H26N2O4. The summed E-state index contributed by atoms with van der Waals surface area (Å²) < 4.78 is 11.0. The van der Waals surface area contributed by atoms with Gasteiger partial charge in [0.15, 0.2) is 11.5 Å². The van der Waals surface area contributed by atoms with Crippen molar-refractivity contribution in [2.75, 3.05) is 20.3 Å². The molecule has 2 amide bonds. The van der Waals surface area contributed by atoms with Gasteiger partial charge in [-0.05, 0) is 30.2 Å². The van der Waals surface area contributed by atoms with Crippen LogP contribution in [0.3, 0.4) is 0 Å². The largest absolute Gasteiger partial charge is 0.493 e. The average Bonchev–Trinajstić information content (AvgIpc) is 2.71. The molecule has 6 heteroatoms. The topological polar surface area (TPSA) is 76.7 Å². The molecule has 0 saturated carbocycles. The van der Waals surface area contributed by atoms with Crippen LogP contribution in [0.5, 0.6) is 11.5 Å². The number of amides is 2. The Balaban J connectivity index is 1.84. The molecule has 0 fully saturated rings. The highest BCUT2D eigenvalue weighted by atomic mass is 16.5. The van der Waals surface area contributed by atoms with Crippen LogP contribution in [-0.4, -0.2) is 32.1 Å². The molecule has 0 aromatic heterocycles. The maximum Gasteiger partial charge on any atom is 0.251 e. The Morgan fingerprint density at radius 2 is 1.78 bits per heavy atom. The van der Waals surface area contributed by atoms with Gasteiger partial charge in [-0.2, -0.15) is 0 Å². The number of ether oxygens (including phenoxy) is 2. The third-order valence-electron chi connectivity index (χ3n) is 3.92. The first-order valence-corrected chi connectivity index (χ1v) is 9.03. The summed E-state index contributed by atoms with van der Waals surface area (Å²) in [5.41, 5.74) is 1.41. The molecule has 2 rings (SSSR count). The molecule has 2 aromatic carbocycles. The van der Waals surface area contributed by atoms with E-state index >= 15 is 0 Å². The van der Waals surface area contributed by atoms with Gasteiger partial charge in [0.1, 0.15) is 0 Å². The third-order valence-corrected chi connectivity index (χ3v) is 3.92. The number of hydrogen-bond donors (Lipinski definition) is 2. The minimum absolute atomic E-state index is 0.0945. The van der Waals surface area contributed by atoms with Crippen LogP contribution < -0.4 is 20.1 Å². The summed E-state index contributed by atoms with van der Waals surface area (Å²) in [4.78, 5) is 24.2. The normalized spacial score (nSPS) is 10.1. The average molecular weight is 370 g/mol. The Hall–Kier alpha value is -3.02. The Kier molecular flexibility index (Phi) is 8.16. The molecule has 0 radical (unpaired) electrons. The van der Waals surface area contributed by atoms with Crippen molar-refractivity contribution in [3.05, 3.63) is 59.7 Å². The molecular weight excluding hydrogens is 344 g/mol. The van der Waals surface area contributed by atoms with Gasteiger partial charge in [-0.1, -0.05) is 43.7 Å². The highest BCUT2D eigenvalue weighted by Gasteiger charge is 2.12. The van der Waals surface area contributed by atoms with Gasteiger partial charge in [-0.25, -0.2) is 0 Å². The quantitative estimate of drug-likeness (QED) is 0.631. The van der Waals surface area contributed by atoms with E-state index in [0.29, 0.717) is 30.2 Å². The van der Waals surface area contributed by atoms with Crippen molar-refractivity contribution in [1.82, 2.24) is 10.6 Å². The molecule has 0 bridgehead atoms. The second-order valence-corrected chi connectivity index (χ2v) is 6.01. The van der Waals surface area contributed by atoms with Gasteiger partial charge in [0, 0.05) is 12.1 Å². The Morgan fingerprint density at radius 1 is 1.00 bits per heavy atom. The van der Waals surface area contributed by atoms with Crippen LogP contribution in [0.25, 0.3) is 0 Å². The zero-order valence-electron chi connectivity index (χ0n) is 15.8. The molecule has 6 nitrogen and oxygen atoms in total. The van der Waals surface area contributed by atoms with Crippen molar-refractivity contribution in [3.8, 4) is 11.5 Å². The number of carbonyl (C=O) groups excluding carboxylic acids is 2. The molecule has 0 unspecified atom stereocenters.